The van der Waals surface area contributed by atoms with E-state index in [0.29, 0.717) is 24.5 Å². The predicted octanol–water partition coefficient (Wildman–Crippen LogP) is 1.82. The average molecular weight is 364 g/mol. The Morgan fingerprint density at radius 1 is 0.926 bits per heavy atom. The van der Waals surface area contributed by atoms with Crippen LogP contribution in [0.15, 0.2) is 48.7 Å². The monoisotopic (exact) mass is 364 g/mol. The van der Waals surface area contributed by atoms with E-state index in [1.54, 1.807) is 17.6 Å². The number of hydrogen-bond donors (Lipinski definition) is 0. The second-order valence-corrected chi connectivity index (χ2v) is 6.47. The van der Waals surface area contributed by atoms with E-state index in [2.05, 4.69) is 10.2 Å². The molecular formula is C19H20N6O2. The van der Waals surface area contributed by atoms with Crippen LogP contribution in [-0.2, 0) is 7.05 Å². The summed E-state index contributed by atoms with van der Waals surface area (Å²) in [6.07, 6.45) is 2.54. The van der Waals surface area contributed by atoms with Gasteiger partial charge in [-0.15, -0.1) is 5.10 Å². The number of amides is 2. The molecule has 1 fully saturated rings. The Morgan fingerprint density at radius 3 is 2.30 bits per heavy atom. The van der Waals surface area contributed by atoms with Gasteiger partial charge in [0.15, 0.2) is 5.69 Å². The van der Waals surface area contributed by atoms with Gasteiger partial charge in [0, 0.05) is 26.3 Å². The molecule has 27 heavy (non-hydrogen) atoms. The normalized spacial score (nSPS) is 14.0. The van der Waals surface area contributed by atoms with Gasteiger partial charge in [-0.2, -0.15) is 9.90 Å². The zero-order valence-electron chi connectivity index (χ0n) is 15.2. The molecule has 0 unspecified atom stereocenters. The summed E-state index contributed by atoms with van der Waals surface area (Å²) in [5, 5.41) is 11.7. The van der Waals surface area contributed by atoms with Crippen LogP contribution >= 0.6 is 0 Å². The first-order valence-corrected chi connectivity index (χ1v) is 8.80. The maximum absolute atomic E-state index is 13.1. The molecule has 0 radical (unpaired) electrons. The van der Waals surface area contributed by atoms with Crippen molar-refractivity contribution in [2.24, 2.45) is 7.05 Å². The lowest BCUT2D eigenvalue weighted by Crippen LogP contribution is -2.45. The number of nitrogens with zero attached hydrogens (tertiary/aromatic N) is 6. The second kappa shape index (κ2) is 6.71. The average Bonchev–Trinajstić information content (AvgIpc) is 3.41. The van der Waals surface area contributed by atoms with Gasteiger partial charge in [-0.25, -0.2) is 10.0 Å². The SMILES string of the molecule is Cc1nn(-c2ccccc2)nc1C(=O)N1CCCN1C(=O)c1cccn1C. The molecule has 138 valence electrons. The molecule has 1 aliphatic heterocycles. The summed E-state index contributed by atoms with van der Waals surface area (Å²) in [5.41, 5.74) is 2.10. The summed E-state index contributed by atoms with van der Waals surface area (Å²) in [7, 11) is 1.81. The molecule has 1 aromatic carbocycles. The van der Waals surface area contributed by atoms with Crippen LogP contribution in [0.25, 0.3) is 5.69 Å². The molecule has 0 atom stereocenters. The van der Waals surface area contributed by atoms with Gasteiger partial charge in [-0.3, -0.25) is 9.59 Å². The predicted molar refractivity (Wildman–Crippen MR) is 98.2 cm³/mol. The van der Waals surface area contributed by atoms with Crippen LogP contribution < -0.4 is 0 Å². The Morgan fingerprint density at radius 2 is 1.63 bits per heavy atom. The van der Waals surface area contributed by atoms with Crippen LogP contribution in [0.4, 0.5) is 0 Å². The lowest BCUT2D eigenvalue weighted by Gasteiger charge is -2.27. The number of carbonyl (C=O) groups excluding carboxylic acids is 2. The van der Waals surface area contributed by atoms with E-state index in [0.717, 1.165) is 12.1 Å². The van der Waals surface area contributed by atoms with E-state index in [9.17, 15) is 9.59 Å². The Kier molecular flexibility index (Phi) is 4.23. The number of rotatable bonds is 3. The summed E-state index contributed by atoms with van der Waals surface area (Å²) in [6, 6.07) is 13.0. The van der Waals surface area contributed by atoms with Gasteiger partial charge in [-0.1, -0.05) is 18.2 Å². The van der Waals surface area contributed by atoms with Gasteiger partial charge >= 0.3 is 0 Å². The highest BCUT2D eigenvalue weighted by molar-refractivity contribution is 5.98. The van der Waals surface area contributed by atoms with Crippen molar-refractivity contribution in [1.29, 1.82) is 0 Å². The second-order valence-electron chi connectivity index (χ2n) is 6.47. The van der Waals surface area contributed by atoms with E-state index in [4.69, 9.17) is 0 Å². The Labute approximate surface area is 156 Å². The number of benzene rings is 1. The molecule has 8 nitrogen and oxygen atoms in total. The fourth-order valence-electron chi connectivity index (χ4n) is 3.23. The summed E-state index contributed by atoms with van der Waals surface area (Å²) in [5.74, 6) is -0.504. The lowest BCUT2D eigenvalue weighted by atomic mass is 10.3. The van der Waals surface area contributed by atoms with E-state index >= 15 is 0 Å². The molecule has 0 saturated carbocycles. The van der Waals surface area contributed by atoms with Crippen LogP contribution in [0.3, 0.4) is 0 Å². The molecule has 0 N–H and O–H groups in total. The van der Waals surface area contributed by atoms with Crippen molar-refractivity contribution in [3.05, 3.63) is 65.7 Å². The largest absolute Gasteiger partial charge is 0.347 e. The molecule has 3 heterocycles. The van der Waals surface area contributed by atoms with Gasteiger partial charge in [0.2, 0.25) is 0 Å². The fraction of sp³-hybridized carbons (Fsp3) is 0.263. The standard InChI is InChI=1S/C19H20N6O2/c1-14-17(21-25(20-14)15-8-4-3-5-9-15)19(27)24-13-7-12-23(24)18(26)16-10-6-11-22(16)2/h3-6,8-11H,7,12-13H2,1-2H3. The third kappa shape index (κ3) is 2.99. The van der Waals surface area contributed by atoms with Crippen LogP contribution in [0.5, 0.6) is 0 Å². The van der Waals surface area contributed by atoms with Gasteiger partial charge in [0.1, 0.15) is 5.69 Å². The van der Waals surface area contributed by atoms with Crippen LogP contribution in [0.2, 0.25) is 0 Å². The molecule has 0 bridgehead atoms. The first-order valence-electron chi connectivity index (χ1n) is 8.80. The van der Waals surface area contributed by atoms with Crippen molar-refractivity contribution < 1.29 is 9.59 Å². The summed E-state index contributed by atoms with van der Waals surface area (Å²) < 4.78 is 1.75. The molecule has 2 aromatic heterocycles. The zero-order chi connectivity index (χ0) is 19.0. The lowest BCUT2D eigenvalue weighted by molar-refractivity contribution is 0.0175. The van der Waals surface area contributed by atoms with Gasteiger partial charge < -0.3 is 4.57 Å². The van der Waals surface area contributed by atoms with E-state index in [1.165, 1.54) is 14.8 Å². The smallest absolute Gasteiger partial charge is 0.294 e. The highest BCUT2D eigenvalue weighted by atomic mass is 16.2. The summed E-state index contributed by atoms with van der Waals surface area (Å²) >= 11 is 0. The van der Waals surface area contributed by atoms with Crippen molar-refractivity contribution in [2.45, 2.75) is 13.3 Å². The molecule has 0 spiro atoms. The number of aryl methyl sites for hydroxylation is 2. The van der Waals surface area contributed by atoms with E-state index in [1.807, 2.05) is 49.6 Å². The highest BCUT2D eigenvalue weighted by Gasteiger charge is 2.34. The van der Waals surface area contributed by atoms with Gasteiger partial charge in [0.05, 0.1) is 11.4 Å². The quantitative estimate of drug-likeness (QED) is 0.710. The van der Waals surface area contributed by atoms with E-state index < -0.39 is 0 Å². The molecule has 3 aromatic rings. The first kappa shape index (κ1) is 17.0. The molecule has 8 heteroatoms. The number of aromatic nitrogens is 4. The van der Waals surface area contributed by atoms with Crippen molar-refractivity contribution in [2.75, 3.05) is 13.1 Å². The number of para-hydroxylation sites is 1. The number of hydrazine groups is 1. The van der Waals surface area contributed by atoms with Crippen molar-refractivity contribution >= 4 is 11.8 Å². The van der Waals surface area contributed by atoms with E-state index in [-0.39, 0.29) is 17.5 Å². The Bertz CT molecular complexity index is 991. The molecule has 0 aliphatic carbocycles. The third-order valence-electron chi connectivity index (χ3n) is 4.63. The maximum Gasteiger partial charge on any atom is 0.294 e. The maximum atomic E-state index is 13.1. The first-order chi connectivity index (χ1) is 13.1. The fourth-order valence-corrected chi connectivity index (χ4v) is 3.23. The highest BCUT2D eigenvalue weighted by Crippen LogP contribution is 2.19. The van der Waals surface area contributed by atoms with Crippen LogP contribution in [0, 0.1) is 6.92 Å². The Balaban J connectivity index is 1.61. The van der Waals surface area contributed by atoms with Crippen LogP contribution in [-0.4, -0.2) is 54.5 Å². The topological polar surface area (TPSA) is 76.3 Å². The molecule has 2 amide bonds. The van der Waals surface area contributed by atoms with Gasteiger partial charge in [-0.05, 0) is 37.6 Å². The minimum absolute atomic E-state index is 0.193. The minimum Gasteiger partial charge on any atom is -0.347 e. The molecular weight excluding hydrogens is 344 g/mol. The molecule has 1 aliphatic rings. The molecule has 4 rings (SSSR count). The third-order valence-corrected chi connectivity index (χ3v) is 4.63. The summed E-state index contributed by atoms with van der Waals surface area (Å²) in [6.45, 7) is 2.73. The zero-order valence-corrected chi connectivity index (χ0v) is 15.2. The van der Waals surface area contributed by atoms with Crippen molar-refractivity contribution in [1.82, 2.24) is 29.6 Å². The number of carbonyl (C=O) groups is 2. The molecule has 1 saturated heterocycles. The van der Waals surface area contributed by atoms with Crippen molar-refractivity contribution in [3.8, 4) is 5.69 Å². The Hall–Kier alpha value is -3.42. The van der Waals surface area contributed by atoms with Gasteiger partial charge in [0.25, 0.3) is 11.8 Å². The van der Waals surface area contributed by atoms with Crippen LogP contribution in [0.1, 0.15) is 33.1 Å². The minimum atomic E-state index is -0.310. The number of hydrogen-bond acceptors (Lipinski definition) is 4. The van der Waals surface area contributed by atoms with Crippen molar-refractivity contribution in [3.63, 3.8) is 0 Å². The summed E-state index contributed by atoms with van der Waals surface area (Å²) in [4.78, 5) is 27.4.